The van der Waals surface area contributed by atoms with Gasteiger partial charge >= 0.3 is 0 Å². The van der Waals surface area contributed by atoms with E-state index in [1.54, 1.807) is 0 Å². The molecular formula is C17H28N2O. The molecule has 0 radical (unpaired) electrons. The van der Waals surface area contributed by atoms with Crippen molar-refractivity contribution in [3.8, 4) is 0 Å². The molecule has 2 N–H and O–H groups in total. The standard InChI is InChI=1S/C17H28N2O/c1-14(2)19-10-8-16(9-11-19)18-17-7-3-5-15(13-17)6-4-12-20/h3,5,7,13-14,16,18,20H,4,6,8-12H2,1-2H3. The highest BCUT2D eigenvalue weighted by molar-refractivity contribution is 5.46. The number of benzene rings is 1. The predicted octanol–water partition coefficient (Wildman–Crippen LogP) is 2.90. The number of nitrogens with zero attached hydrogens (tertiary/aromatic N) is 1. The Hall–Kier alpha value is -1.06. The van der Waals surface area contributed by atoms with Crippen LogP contribution in [0.3, 0.4) is 0 Å². The van der Waals surface area contributed by atoms with Gasteiger partial charge in [0, 0.05) is 37.5 Å². The van der Waals surface area contributed by atoms with Gasteiger partial charge < -0.3 is 15.3 Å². The lowest BCUT2D eigenvalue weighted by atomic mass is 10.0. The van der Waals surface area contributed by atoms with Crippen molar-refractivity contribution in [1.82, 2.24) is 4.90 Å². The number of aryl methyl sites for hydroxylation is 1. The topological polar surface area (TPSA) is 35.5 Å². The first kappa shape index (κ1) is 15.3. The zero-order valence-electron chi connectivity index (χ0n) is 12.8. The molecule has 1 aromatic carbocycles. The van der Waals surface area contributed by atoms with E-state index in [1.165, 1.54) is 37.2 Å². The third-order valence-corrected chi connectivity index (χ3v) is 4.18. The van der Waals surface area contributed by atoms with Crippen molar-refractivity contribution < 1.29 is 5.11 Å². The molecule has 112 valence electrons. The first-order valence-corrected chi connectivity index (χ1v) is 7.89. The van der Waals surface area contributed by atoms with E-state index in [0.29, 0.717) is 12.1 Å². The number of aliphatic hydroxyl groups excluding tert-OH is 1. The van der Waals surface area contributed by atoms with E-state index in [4.69, 9.17) is 5.11 Å². The van der Waals surface area contributed by atoms with E-state index >= 15 is 0 Å². The Balaban J connectivity index is 1.84. The number of nitrogens with one attached hydrogen (secondary N) is 1. The second kappa shape index (κ2) is 7.65. The van der Waals surface area contributed by atoms with Crippen molar-refractivity contribution >= 4 is 5.69 Å². The monoisotopic (exact) mass is 276 g/mol. The van der Waals surface area contributed by atoms with Gasteiger partial charge in [-0.3, -0.25) is 0 Å². The molecule has 0 aliphatic carbocycles. The number of hydrogen-bond donors (Lipinski definition) is 2. The smallest absolute Gasteiger partial charge is 0.0434 e. The number of piperidine rings is 1. The molecule has 0 spiro atoms. The van der Waals surface area contributed by atoms with Crippen LogP contribution >= 0.6 is 0 Å². The predicted molar refractivity (Wildman–Crippen MR) is 85.2 cm³/mol. The van der Waals surface area contributed by atoms with Crippen LogP contribution in [0, 0.1) is 0 Å². The summed E-state index contributed by atoms with van der Waals surface area (Å²) in [6.45, 7) is 7.21. The molecule has 1 heterocycles. The Kier molecular flexibility index (Phi) is 5.86. The Labute approximate surface area is 123 Å². The zero-order valence-corrected chi connectivity index (χ0v) is 12.8. The average molecular weight is 276 g/mol. The van der Waals surface area contributed by atoms with Gasteiger partial charge in [0.15, 0.2) is 0 Å². The zero-order chi connectivity index (χ0) is 14.4. The maximum absolute atomic E-state index is 8.91. The lowest BCUT2D eigenvalue weighted by molar-refractivity contribution is 0.177. The molecule has 3 heteroatoms. The van der Waals surface area contributed by atoms with Crippen LogP contribution < -0.4 is 5.32 Å². The molecule has 0 atom stereocenters. The Morgan fingerprint density at radius 2 is 2.05 bits per heavy atom. The van der Waals surface area contributed by atoms with Crippen LogP contribution in [0.15, 0.2) is 24.3 Å². The minimum atomic E-state index is 0.269. The molecule has 1 aromatic rings. The van der Waals surface area contributed by atoms with Gasteiger partial charge in [-0.15, -0.1) is 0 Å². The lowest BCUT2D eigenvalue weighted by Gasteiger charge is -2.35. The molecule has 0 unspecified atom stereocenters. The molecule has 0 bridgehead atoms. The van der Waals surface area contributed by atoms with E-state index in [2.05, 4.69) is 48.3 Å². The van der Waals surface area contributed by atoms with Crippen molar-refractivity contribution in [2.24, 2.45) is 0 Å². The Morgan fingerprint density at radius 1 is 1.30 bits per heavy atom. The molecule has 2 rings (SSSR count). The van der Waals surface area contributed by atoms with Gasteiger partial charge in [0.05, 0.1) is 0 Å². The van der Waals surface area contributed by atoms with Gasteiger partial charge in [0.1, 0.15) is 0 Å². The van der Waals surface area contributed by atoms with Gasteiger partial charge in [-0.25, -0.2) is 0 Å². The number of rotatable bonds is 6. The van der Waals surface area contributed by atoms with E-state index in [9.17, 15) is 0 Å². The minimum absolute atomic E-state index is 0.269. The SMILES string of the molecule is CC(C)N1CCC(Nc2cccc(CCCO)c2)CC1. The number of likely N-dealkylation sites (tertiary alicyclic amines) is 1. The van der Waals surface area contributed by atoms with Crippen LogP contribution in [0.4, 0.5) is 5.69 Å². The van der Waals surface area contributed by atoms with Gasteiger partial charge in [-0.05, 0) is 57.2 Å². The summed E-state index contributed by atoms with van der Waals surface area (Å²) in [6, 6.07) is 9.89. The molecule has 0 aromatic heterocycles. The average Bonchev–Trinajstić information content (AvgIpc) is 2.46. The van der Waals surface area contributed by atoms with E-state index in [1.807, 2.05) is 0 Å². The largest absolute Gasteiger partial charge is 0.396 e. The Morgan fingerprint density at radius 3 is 2.70 bits per heavy atom. The second-order valence-electron chi connectivity index (χ2n) is 6.08. The molecule has 1 saturated heterocycles. The van der Waals surface area contributed by atoms with Crippen LogP contribution in [-0.4, -0.2) is 41.8 Å². The number of hydrogen-bond acceptors (Lipinski definition) is 3. The normalized spacial score (nSPS) is 17.6. The fraction of sp³-hybridized carbons (Fsp3) is 0.647. The molecule has 0 amide bonds. The summed E-state index contributed by atoms with van der Waals surface area (Å²) in [5, 5.41) is 12.6. The van der Waals surface area contributed by atoms with Gasteiger partial charge in [-0.1, -0.05) is 12.1 Å². The quantitative estimate of drug-likeness (QED) is 0.838. The highest BCUT2D eigenvalue weighted by Crippen LogP contribution is 2.19. The van der Waals surface area contributed by atoms with Crippen LogP contribution in [0.25, 0.3) is 0 Å². The van der Waals surface area contributed by atoms with Crippen LogP contribution in [0.1, 0.15) is 38.7 Å². The molecule has 1 aliphatic heterocycles. The lowest BCUT2D eigenvalue weighted by Crippen LogP contribution is -2.42. The van der Waals surface area contributed by atoms with Crippen LogP contribution in [0.5, 0.6) is 0 Å². The number of aliphatic hydroxyl groups is 1. The van der Waals surface area contributed by atoms with Gasteiger partial charge in [0.2, 0.25) is 0 Å². The summed E-state index contributed by atoms with van der Waals surface area (Å²) in [5.41, 5.74) is 2.53. The summed E-state index contributed by atoms with van der Waals surface area (Å²) < 4.78 is 0. The van der Waals surface area contributed by atoms with Gasteiger partial charge in [-0.2, -0.15) is 0 Å². The van der Waals surface area contributed by atoms with E-state index < -0.39 is 0 Å². The first-order chi connectivity index (χ1) is 9.69. The maximum atomic E-state index is 8.91. The van der Waals surface area contributed by atoms with Crippen LogP contribution in [0.2, 0.25) is 0 Å². The molecule has 3 nitrogen and oxygen atoms in total. The first-order valence-electron chi connectivity index (χ1n) is 7.89. The molecule has 1 aliphatic rings. The van der Waals surface area contributed by atoms with Crippen molar-refractivity contribution in [3.05, 3.63) is 29.8 Å². The molecule has 1 fully saturated rings. The molecule has 0 saturated carbocycles. The van der Waals surface area contributed by atoms with Crippen molar-refractivity contribution in [1.29, 1.82) is 0 Å². The fourth-order valence-electron chi connectivity index (χ4n) is 2.90. The van der Waals surface area contributed by atoms with Crippen molar-refractivity contribution in [3.63, 3.8) is 0 Å². The highest BCUT2D eigenvalue weighted by Gasteiger charge is 2.20. The third-order valence-electron chi connectivity index (χ3n) is 4.18. The van der Waals surface area contributed by atoms with Crippen LogP contribution in [-0.2, 0) is 6.42 Å². The minimum Gasteiger partial charge on any atom is -0.396 e. The second-order valence-corrected chi connectivity index (χ2v) is 6.08. The summed E-state index contributed by atoms with van der Waals surface area (Å²) in [5.74, 6) is 0. The fourth-order valence-corrected chi connectivity index (χ4v) is 2.90. The maximum Gasteiger partial charge on any atom is 0.0434 e. The molecule has 20 heavy (non-hydrogen) atoms. The third kappa shape index (κ3) is 4.50. The van der Waals surface area contributed by atoms with E-state index in [-0.39, 0.29) is 6.61 Å². The summed E-state index contributed by atoms with van der Waals surface area (Å²) >= 11 is 0. The molecular weight excluding hydrogens is 248 g/mol. The van der Waals surface area contributed by atoms with Crippen molar-refractivity contribution in [2.45, 2.75) is 51.6 Å². The van der Waals surface area contributed by atoms with Gasteiger partial charge in [0.25, 0.3) is 0 Å². The summed E-state index contributed by atoms with van der Waals surface area (Å²) in [7, 11) is 0. The summed E-state index contributed by atoms with van der Waals surface area (Å²) in [4.78, 5) is 2.55. The van der Waals surface area contributed by atoms with Crippen molar-refractivity contribution in [2.75, 3.05) is 25.0 Å². The highest BCUT2D eigenvalue weighted by atomic mass is 16.2. The van der Waals surface area contributed by atoms with E-state index in [0.717, 1.165) is 12.8 Å². The number of anilines is 1. The summed E-state index contributed by atoms with van der Waals surface area (Å²) in [6.07, 6.45) is 4.24. The Bertz CT molecular complexity index is 398.